The van der Waals surface area contributed by atoms with Gasteiger partial charge in [0.15, 0.2) is 0 Å². The third kappa shape index (κ3) is 4.85. The van der Waals surface area contributed by atoms with Crippen molar-refractivity contribution in [2.24, 2.45) is 11.8 Å². The number of aliphatic carboxylic acids is 1. The maximum absolute atomic E-state index is 13.1. The molecule has 2 aliphatic carbocycles. The molecule has 2 fully saturated rings. The molecule has 2 saturated carbocycles. The second-order valence-corrected chi connectivity index (χ2v) is 6.81. The predicted molar refractivity (Wildman–Crippen MR) is 81.4 cm³/mol. The van der Waals surface area contributed by atoms with Crippen LogP contribution in [-0.2, 0) is 4.79 Å². The summed E-state index contributed by atoms with van der Waals surface area (Å²) in [6.07, 6.45) is 4.83. The van der Waals surface area contributed by atoms with Gasteiger partial charge in [0.05, 0.1) is 5.92 Å². The highest BCUT2D eigenvalue weighted by atomic mass is 19.1. The summed E-state index contributed by atoms with van der Waals surface area (Å²) in [7, 11) is 0. The molecule has 0 saturated heterocycles. The summed E-state index contributed by atoms with van der Waals surface area (Å²) in [4.78, 5) is 22.9. The Bertz CT molecular complexity index is 389. The van der Waals surface area contributed by atoms with E-state index in [9.17, 15) is 14.0 Å². The maximum atomic E-state index is 13.1. The van der Waals surface area contributed by atoms with Gasteiger partial charge in [-0.25, -0.2) is 9.18 Å². The van der Waals surface area contributed by atoms with Crippen LogP contribution >= 0.6 is 0 Å². The molecule has 2 rings (SSSR count). The first-order valence-corrected chi connectivity index (χ1v) is 8.39. The first-order valence-electron chi connectivity index (χ1n) is 8.39. The smallest absolute Gasteiger partial charge is 0.315 e. The van der Waals surface area contributed by atoms with E-state index in [2.05, 4.69) is 10.6 Å². The van der Waals surface area contributed by atoms with E-state index in [1.165, 1.54) is 0 Å². The number of carbonyl (C=O) groups excluding carboxylic acids is 1. The number of hydrogen-bond acceptors (Lipinski definition) is 2. The lowest BCUT2D eigenvalue weighted by Crippen LogP contribution is -2.49. The molecular formula is C16H27FN2O3. The van der Waals surface area contributed by atoms with Gasteiger partial charge in [0, 0.05) is 12.1 Å². The van der Waals surface area contributed by atoms with Crippen molar-refractivity contribution in [1.82, 2.24) is 10.6 Å². The fraction of sp³-hybridized carbons (Fsp3) is 0.875. The van der Waals surface area contributed by atoms with Gasteiger partial charge in [-0.15, -0.1) is 0 Å². The molecule has 2 amide bonds. The molecule has 0 bridgehead atoms. The second-order valence-electron chi connectivity index (χ2n) is 6.81. The Balaban J connectivity index is 1.68. The number of hydrogen-bond donors (Lipinski definition) is 3. The number of carboxylic acid groups (broad SMARTS) is 1. The summed E-state index contributed by atoms with van der Waals surface area (Å²) < 4.78 is 13.1. The molecule has 0 aliphatic heterocycles. The van der Waals surface area contributed by atoms with Gasteiger partial charge < -0.3 is 15.7 Å². The zero-order valence-corrected chi connectivity index (χ0v) is 13.2. The number of alkyl halides is 1. The van der Waals surface area contributed by atoms with Gasteiger partial charge in [-0.05, 0) is 64.2 Å². The maximum Gasteiger partial charge on any atom is 0.315 e. The lowest BCUT2D eigenvalue weighted by molar-refractivity contribution is -0.142. The van der Waals surface area contributed by atoms with Crippen LogP contribution in [0.25, 0.3) is 0 Å². The van der Waals surface area contributed by atoms with Crippen LogP contribution in [0.4, 0.5) is 9.18 Å². The number of urea groups is 1. The van der Waals surface area contributed by atoms with E-state index >= 15 is 0 Å². The lowest BCUT2D eigenvalue weighted by Gasteiger charge is -2.31. The highest BCUT2D eigenvalue weighted by molar-refractivity contribution is 5.74. The summed E-state index contributed by atoms with van der Waals surface area (Å²) in [6.45, 7) is 1.98. The van der Waals surface area contributed by atoms with E-state index in [1.807, 2.05) is 6.92 Å². The summed E-state index contributed by atoms with van der Waals surface area (Å²) in [6, 6.07) is -0.0825. The Morgan fingerprint density at radius 2 is 1.64 bits per heavy atom. The summed E-state index contributed by atoms with van der Waals surface area (Å²) in [5, 5.41) is 14.9. The molecule has 1 atom stereocenters. The van der Waals surface area contributed by atoms with E-state index in [4.69, 9.17) is 5.11 Å². The van der Waals surface area contributed by atoms with Crippen molar-refractivity contribution >= 4 is 12.0 Å². The van der Waals surface area contributed by atoms with E-state index in [-0.39, 0.29) is 24.0 Å². The number of nitrogens with one attached hydrogen (secondary N) is 2. The van der Waals surface area contributed by atoms with E-state index in [1.54, 1.807) is 0 Å². The summed E-state index contributed by atoms with van der Waals surface area (Å²) in [5.41, 5.74) is 0. The van der Waals surface area contributed by atoms with Gasteiger partial charge in [0.25, 0.3) is 0 Å². The van der Waals surface area contributed by atoms with Gasteiger partial charge in [0.1, 0.15) is 6.17 Å². The second kappa shape index (κ2) is 7.79. The molecule has 3 N–H and O–H groups in total. The van der Waals surface area contributed by atoms with Crippen molar-refractivity contribution < 1.29 is 19.1 Å². The molecule has 0 aromatic carbocycles. The Morgan fingerprint density at radius 3 is 2.18 bits per heavy atom. The van der Waals surface area contributed by atoms with Gasteiger partial charge in [0.2, 0.25) is 0 Å². The summed E-state index contributed by atoms with van der Waals surface area (Å²) >= 11 is 0. The van der Waals surface area contributed by atoms with Crippen LogP contribution in [0, 0.1) is 11.8 Å². The third-order valence-corrected chi connectivity index (χ3v) is 5.18. The van der Waals surface area contributed by atoms with Crippen molar-refractivity contribution in [2.45, 2.75) is 76.5 Å². The lowest BCUT2D eigenvalue weighted by atomic mass is 9.83. The topological polar surface area (TPSA) is 78.4 Å². The van der Waals surface area contributed by atoms with Crippen LogP contribution < -0.4 is 10.6 Å². The Kier molecular flexibility index (Phi) is 6.03. The van der Waals surface area contributed by atoms with Crippen molar-refractivity contribution in [3.05, 3.63) is 0 Å². The highest BCUT2D eigenvalue weighted by Crippen LogP contribution is 2.28. The van der Waals surface area contributed by atoms with Crippen molar-refractivity contribution in [2.75, 3.05) is 0 Å². The van der Waals surface area contributed by atoms with Crippen molar-refractivity contribution in [1.29, 1.82) is 0 Å². The molecule has 6 heteroatoms. The standard InChI is InChI=1S/C16H27FN2O3/c1-10(11-2-6-13(17)7-3-11)18-16(22)19-14-8-4-12(5-9-14)15(20)21/h10-14H,2-9H2,1H3,(H,20,21)(H2,18,19,22). The fourth-order valence-electron chi connectivity index (χ4n) is 3.61. The fourth-order valence-corrected chi connectivity index (χ4v) is 3.61. The number of amides is 2. The molecule has 0 spiro atoms. The zero-order valence-electron chi connectivity index (χ0n) is 13.2. The monoisotopic (exact) mass is 314 g/mol. The Labute approximate surface area is 131 Å². The molecule has 5 nitrogen and oxygen atoms in total. The number of carboxylic acids is 1. The van der Waals surface area contributed by atoms with Crippen LogP contribution in [0.5, 0.6) is 0 Å². The Morgan fingerprint density at radius 1 is 1.05 bits per heavy atom. The summed E-state index contributed by atoms with van der Waals surface area (Å²) in [5.74, 6) is -0.656. The molecule has 22 heavy (non-hydrogen) atoms. The molecule has 1 unspecified atom stereocenters. The average molecular weight is 314 g/mol. The van der Waals surface area contributed by atoms with Gasteiger partial charge in [-0.2, -0.15) is 0 Å². The predicted octanol–water partition coefficient (Wildman–Crippen LogP) is 2.85. The van der Waals surface area contributed by atoms with Crippen LogP contribution in [0.2, 0.25) is 0 Å². The first-order chi connectivity index (χ1) is 10.5. The van der Waals surface area contributed by atoms with Gasteiger partial charge >= 0.3 is 12.0 Å². The third-order valence-electron chi connectivity index (χ3n) is 5.18. The van der Waals surface area contributed by atoms with E-state index < -0.39 is 12.1 Å². The molecule has 0 aromatic heterocycles. The molecule has 126 valence electrons. The van der Waals surface area contributed by atoms with Crippen LogP contribution in [0.1, 0.15) is 58.3 Å². The van der Waals surface area contributed by atoms with Crippen LogP contribution in [0.15, 0.2) is 0 Å². The van der Waals surface area contributed by atoms with Gasteiger partial charge in [-0.1, -0.05) is 0 Å². The zero-order chi connectivity index (χ0) is 16.1. The molecule has 0 heterocycles. The van der Waals surface area contributed by atoms with Gasteiger partial charge in [-0.3, -0.25) is 4.79 Å². The Hall–Kier alpha value is -1.33. The minimum absolute atomic E-state index is 0.0443. The van der Waals surface area contributed by atoms with Crippen LogP contribution in [0.3, 0.4) is 0 Å². The quantitative estimate of drug-likeness (QED) is 0.746. The molecule has 2 aliphatic rings. The largest absolute Gasteiger partial charge is 0.481 e. The molecule has 0 radical (unpaired) electrons. The normalized spacial score (nSPS) is 33.7. The molecule has 0 aromatic rings. The SMILES string of the molecule is CC(NC(=O)NC1CCC(C(=O)O)CC1)C1CCC(F)CC1. The average Bonchev–Trinajstić information content (AvgIpc) is 2.48. The molecular weight excluding hydrogens is 287 g/mol. The van der Waals surface area contributed by atoms with E-state index in [0.717, 1.165) is 12.8 Å². The number of carbonyl (C=O) groups is 2. The van der Waals surface area contributed by atoms with Crippen molar-refractivity contribution in [3.8, 4) is 0 Å². The van der Waals surface area contributed by atoms with Crippen LogP contribution in [-0.4, -0.2) is 35.4 Å². The minimum atomic E-state index is -0.736. The number of halogens is 1. The number of rotatable bonds is 4. The van der Waals surface area contributed by atoms with E-state index in [0.29, 0.717) is 44.4 Å². The highest BCUT2D eigenvalue weighted by Gasteiger charge is 2.28. The first kappa shape index (κ1) is 17.0. The van der Waals surface area contributed by atoms with Crippen molar-refractivity contribution in [3.63, 3.8) is 0 Å². The minimum Gasteiger partial charge on any atom is -0.481 e.